The van der Waals surface area contributed by atoms with E-state index in [1.165, 1.54) is 5.01 Å². The second kappa shape index (κ2) is 9.15. The van der Waals surface area contributed by atoms with Gasteiger partial charge in [0.05, 0.1) is 25.4 Å². The number of rotatable bonds is 6. The summed E-state index contributed by atoms with van der Waals surface area (Å²) in [6.07, 6.45) is 0.428. The topological polar surface area (TPSA) is 117 Å². The molecule has 2 N–H and O–H groups in total. The van der Waals surface area contributed by atoms with Gasteiger partial charge in [0.2, 0.25) is 11.8 Å². The molecule has 0 spiro atoms. The average molecular weight is 448 g/mol. The number of aromatic amines is 1. The van der Waals surface area contributed by atoms with E-state index in [4.69, 9.17) is 4.74 Å². The lowest BCUT2D eigenvalue weighted by molar-refractivity contribution is -0.132. The molecule has 0 unspecified atom stereocenters. The van der Waals surface area contributed by atoms with E-state index in [2.05, 4.69) is 10.1 Å². The van der Waals surface area contributed by atoms with E-state index < -0.39 is 23.2 Å². The van der Waals surface area contributed by atoms with Gasteiger partial charge in [-0.05, 0) is 23.3 Å². The van der Waals surface area contributed by atoms with Crippen molar-refractivity contribution in [1.29, 1.82) is 0 Å². The summed E-state index contributed by atoms with van der Waals surface area (Å²) in [5.74, 6) is -0.0293. The lowest BCUT2D eigenvalue weighted by Crippen LogP contribution is -2.34. The van der Waals surface area contributed by atoms with Gasteiger partial charge in [-0.3, -0.25) is 19.1 Å². The van der Waals surface area contributed by atoms with Crippen molar-refractivity contribution in [3.05, 3.63) is 92.1 Å². The van der Waals surface area contributed by atoms with Gasteiger partial charge < -0.3 is 9.84 Å². The largest absolute Gasteiger partial charge is 0.497 e. The molecule has 1 aliphatic heterocycles. The summed E-state index contributed by atoms with van der Waals surface area (Å²) in [4.78, 5) is 40.0. The summed E-state index contributed by atoms with van der Waals surface area (Å²) in [5, 5.41) is 16.7. The number of hydrogen-bond donors (Lipinski definition) is 2. The van der Waals surface area contributed by atoms with Gasteiger partial charge in [-0.1, -0.05) is 49.4 Å². The van der Waals surface area contributed by atoms with E-state index in [0.717, 1.165) is 15.7 Å². The summed E-state index contributed by atoms with van der Waals surface area (Å²) in [6.45, 7) is 1.80. The lowest BCUT2D eigenvalue weighted by atomic mass is 9.99. The number of nitrogens with one attached hydrogen (secondary N) is 1. The predicted molar refractivity (Wildman–Crippen MR) is 123 cm³/mol. The molecule has 9 heteroatoms. The molecular weight excluding hydrogens is 424 g/mol. The van der Waals surface area contributed by atoms with Gasteiger partial charge >= 0.3 is 5.69 Å². The molecule has 4 rings (SSSR count). The number of benzene rings is 2. The Morgan fingerprint density at radius 1 is 1.15 bits per heavy atom. The fourth-order valence-corrected chi connectivity index (χ4v) is 3.87. The number of nitrogens with zero attached hydrogens (tertiary/aromatic N) is 3. The highest BCUT2D eigenvalue weighted by molar-refractivity contribution is 6.04. The van der Waals surface area contributed by atoms with E-state index in [0.29, 0.717) is 5.75 Å². The molecule has 0 aliphatic carbocycles. The molecule has 1 aromatic heterocycles. The summed E-state index contributed by atoms with van der Waals surface area (Å²) in [5.41, 5.74) is 0.232. The Morgan fingerprint density at radius 2 is 1.85 bits per heavy atom. The zero-order valence-corrected chi connectivity index (χ0v) is 18.3. The third-order valence-electron chi connectivity index (χ3n) is 5.61. The molecule has 1 aliphatic rings. The van der Waals surface area contributed by atoms with Crippen LogP contribution in [0, 0.1) is 0 Å². The SMILES string of the molecule is CCC(=O)N1N=C(c2c(O)n(Cc3ccccc3)c(=O)[nH]c2=O)C[C@H]1c1ccc(OC)cc1. The van der Waals surface area contributed by atoms with Crippen LogP contribution in [0.1, 0.15) is 42.5 Å². The van der Waals surface area contributed by atoms with Crippen molar-refractivity contribution >= 4 is 11.6 Å². The smallest absolute Gasteiger partial charge is 0.331 e. The normalized spacial score (nSPS) is 15.4. The molecule has 1 amide bonds. The number of carbonyl (C=O) groups excluding carboxylic acids is 1. The number of aromatic hydroxyl groups is 1. The number of carbonyl (C=O) groups is 1. The van der Waals surface area contributed by atoms with Crippen molar-refractivity contribution in [2.75, 3.05) is 7.11 Å². The van der Waals surface area contributed by atoms with E-state index in [9.17, 15) is 19.5 Å². The molecule has 170 valence electrons. The first-order valence-electron chi connectivity index (χ1n) is 10.6. The highest BCUT2D eigenvalue weighted by Gasteiger charge is 2.35. The molecule has 0 radical (unpaired) electrons. The van der Waals surface area contributed by atoms with Crippen LogP contribution < -0.4 is 16.0 Å². The van der Waals surface area contributed by atoms with Crippen molar-refractivity contribution < 1.29 is 14.6 Å². The molecule has 0 fully saturated rings. The first-order chi connectivity index (χ1) is 15.9. The van der Waals surface area contributed by atoms with Gasteiger partial charge in [0.1, 0.15) is 11.3 Å². The summed E-state index contributed by atoms with van der Waals surface area (Å²) >= 11 is 0. The molecular formula is C24H24N4O5. The summed E-state index contributed by atoms with van der Waals surface area (Å²) in [7, 11) is 1.57. The molecule has 9 nitrogen and oxygen atoms in total. The van der Waals surface area contributed by atoms with E-state index in [-0.39, 0.29) is 36.6 Å². The van der Waals surface area contributed by atoms with E-state index >= 15 is 0 Å². The highest BCUT2D eigenvalue weighted by Crippen LogP contribution is 2.34. The molecule has 0 saturated carbocycles. The predicted octanol–water partition coefficient (Wildman–Crippen LogP) is 2.39. The van der Waals surface area contributed by atoms with Crippen LogP contribution in [0.25, 0.3) is 0 Å². The number of amides is 1. The number of hydrogen-bond acceptors (Lipinski definition) is 6. The van der Waals surface area contributed by atoms with Gasteiger partial charge in [-0.2, -0.15) is 5.10 Å². The molecule has 1 atom stereocenters. The third-order valence-corrected chi connectivity index (χ3v) is 5.61. The second-order valence-corrected chi connectivity index (χ2v) is 7.66. The van der Waals surface area contributed by atoms with Gasteiger partial charge in [0.25, 0.3) is 5.56 Å². The Morgan fingerprint density at radius 3 is 2.48 bits per heavy atom. The van der Waals surface area contributed by atoms with Crippen molar-refractivity contribution in [1.82, 2.24) is 14.6 Å². The quantitative estimate of drug-likeness (QED) is 0.601. The monoisotopic (exact) mass is 448 g/mol. The van der Waals surface area contributed by atoms with Crippen molar-refractivity contribution in [2.24, 2.45) is 5.10 Å². The Bertz CT molecular complexity index is 1310. The van der Waals surface area contributed by atoms with Crippen LogP contribution in [0.2, 0.25) is 0 Å². The molecule has 0 bridgehead atoms. The number of H-pyrrole nitrogens is 1. The fraction of sp³-hybridized carbons (Fsp3) is 0.250. The first-order valence-corrected chi connectivity index (χ1v) is 10.6. The number of methoxy groups -OCH3 is 1. The molecule has 2 aromatic carbocycles. The maximum atomic E-state index is 12.7. The Hall–Kier alpha value is -4.14. The molecule has 3 aromatic rings. The zero-order chi connectivity index (χ0) is 23.5. The summed E-state index contributed by atoms with van der Waals surface area (Å²) in [6, 6.07) is 15.9. The third kappa shape index (κ3) is 4.30. The number of aromatic nitrogens is 2. The van der Waals surface area contributed by atoms with Crippen LogP contribution in [0.5, 0.6) is 11.6 Å². The Balaban J connectivity index is 1.76. The first kappa shape index (κ1) is 22.1. The maximum absolute atomic E-state index is 12.7. The van der Waals surface area contributed by atoms with E-state index in [1.807, 2.05) is 42.5 Å². The highest BCUT2D eigenvalue weighted by atomic mass is 16.5. The molecule has 0 saturated heterocycles. The van der Waals surface area contributed by atoms with Gasteiger partial charge in [0, 0.05) is 12.8 Å². The number of hydrazone groups is 1. The van der Waals surface area contributed by atoms with Crippen LogP contribution in [-0.2, 0) is 11.3 Å². The van der Waals surface area contributed by atoms with Crippen molar-refractivity contribution in [2.45, 2.75) is 32.4 Å². The van der Waals surface area contributed by atoms with Crippen LogP contribution in [0.3, 0.4) is 0 Å². The van der Waals surface area contributed by atoms with Gasteiger partial charge in [-0.25, -0.2) is 9.80 Å². The fourth-order valence-electron chi connectivity index (χ4n) is 3.87. The minimum atomic E-state index is -0.750. The minimum absolute atomic E-state index is 0.0715. The Labute approximate surface area is 189 Å². The van der Waals surface area contributed by atoms with Gasteiger partial charge in [0.15, 0.2) is 0 Å². The van der Waals surface area contributed by atoms with Crippen LogP contribution in [-0.4, -0.2) is 38.4 Å². The van der Waals surface area contributed by atoms with Crippen LogP contribution in [0.15, 0.2) is 69.3 Å². The average Bonchev–Trinajstić information content (AvgIpc) is 3.26. The Kier molecular flexibility index (Phi) is 6.12. The minimum Gasteiger partial charge on any atom is -0.497 e. The summed E-state index contributed by atoms with van der Waals surface area (Å²) < 4.78 is 6.29. The number of ether oxygens (including phenoxy) is 1. The maximum Gasteiger partial charge on any atom is 0.331 e. The lowest BCUT2D eigenvalue weighted by Gasteiger charge is -2.21. The second-order valence-electron chi connectivity index (χ2n) is 7.66. The van der Waals surface area contributed by atoms with E-state index in [1.54, 1.807) is 26.2 Å². The zero-order valence-electron chi connectivity index (χ0n) is 18.3. The van der Waals surface area contributed by atoms with Crippen molar-refractivity contribution in [3.63, 3.8) is 0 Å². The van der Waals surface area contributed by atoms with Crippen LogP contribution in [0.4, 0.5) is 0 Å². The molecule has 2 heterocycles. The van der Waals surface area contributed by atoms with Crippen LogP contribution >= 0.6 is 0 Å². The van der Waals surface area contributed by atoms with Gasteiger partial charge in [-0.15, -0.1) is 0 Å². The van der Waals surface area contributed by atoms with Crippen molar-refractivity contribution in [3.8, 4) is 11.6 Å². The molecule has 33 heavy (non-hydrogen) atoms. The standard InChI is InChI=1S/C24H24N4O5/c1-3-20(29)28-19(16-9-11-17(33-2)12-10-16)13-18(26-28)21-22(30)25-24(32)27(23(21)31)14-15-7-5-4-6-8-15/h4-12,19,31H,3,13-14H2,1-2H3,(H,25,30,32)/t19-/m0/s1.